The first-order valence-electron chi connectivity index (χ1n) is 9.56. The average Bonchev–Trinajstić information content (AvgIpc) is 3.21. The van der Waals surface area contributed by atoms with Gasteiger partial charge in [-0.05, 0) is 55.5 Å². The van der Waals surface area contributed by atoms with E-state index >= 15 is 0 Å². The molecule has 1 saturated carbocycles. The van der Waals surface area contributed by atoms with Crippen molar-refractivity contribution < 1.29 is 19.1 Å². The largest absolute Gasteiger partial charge is 0.454 e. The molecule has 1 aromatic carbocycles. The fourth-order valence-corrected chi connectivity index (χ4v) is 3.67. The summed E-state index contributed by atoms with van der Waals surface area (Å²) in [5.41, 5.74) is 1.73. The number of carbonyl (C=O) groups is 2. The Kier molecular flexibility index (Phi) is 5.41. The molecule has 1 aliphatic carbocycles. The molecule has 0 radical (unpaired) electrons. The Hall–Kier alpha value is -3.09. The third kappa shape index (κ3) is 4.24. The summed E-state index contributed by atoms with van der Waals surface area (Å²) < 4.78 is 10.6. The van der Waals surface area contributed by atoms with Crippen LogP contribution in [0.25, 0.3) is 0 Å². The van der Waals surface area contributed by atoms with Gasteiger partial charge in [0.15, 0.2) is 11.5 Å². The number of rotatable bonds is 5. The van der Waals surface area contributed by atoms with Gasteiger partial charge in [-0.3, -0.25) is 14.6 Å². The third-order valence-corrected chi connectivity index (χ3v) is 5.32. The van der Waals surface area contributed by atoms with E-state index in [1.54, 1.807) is 24.5 Å². The number of benzene rings is 1. The fourth-order valence-electron chi connectivity index (χ4n) is 3.67. The highest BCUT2D eigenvalue weighted by Crippen LogP contribution is 2.35. The summed E-state index contributed by atoms with van der Waals surface area (Å²) in [6.07, 6.45) is 6.30. The van der Waals surface area contributed by atoms with Crippen LogP contribution < -0.4 is 20.1 Å². The number of fused-ring (bicyclic) bond motifs is 1. The minimum Gasteiger partial charge on any atom is -0.454 e. The molecule has 0 unspecified atom stereocenters. The Balaban J connectivity index is 1.24. The molecule has 7 nitrogen and oxygen atoms in total. The molecule has 1 aromatic heterocycles. The SMILES string of the molecule is O=C(NCc1ccncc1)C1CCC(C(=O)Nc2ccc3c(c2)OCO3)CC1. The fraction of sp³-hybridized carbons (Fsp3) is 0.381. The minimum atomic E-state index is -0.0744. The molecule has 1 fully saturated rings. The number of hydrogen-bond acceptors (Lipinski definition) is 5. The predicted molar refractivity (Wildman–Crippen MR) is 103 cm³/mol. The quantitative estimate of drug-likeness (QED) is 0.831. The molecule has 2 aromatic rings. The van der Waals surface area contributed by atoms with E-state index in [-0.39, 0.29) is 30.4 Å². The summed E-state index contributed by atoms with van der Waals surface area (Å²) in [7, 11) is 0. The summed E-state index contributed by atoms with van der Waals surface area (Å²) in [4.78, 5) is 28.9. The minimum absolute atomic E-state index is 0.00508. The average molecular weight is 381 g/mol. The Labute approximate surface area is 163 Å². The van der Waals surface area contributed by atoms with Crippen molar-refractivity contribution in [2.75, 3.05) is 12.1 Å². The van der Waals surface area contributed by atoms with Crippen LogP contribution in [0.4, 0.5) is 5.69 Å². The number of hydrogen-bond donors (Lipinski definition) is 2. The molecule has 2 aliphatic rings. The molecular formula is C21H23N3O4. The normalized spacial score (nSPS) is 20.4. The smallest absolute Gasteiger partial charge is 0.231 e. The molecule has 0 saturated heterocycles. The lowest BCUT2D eigenvalue weighted by Gasteiger charge is -2.27. The molecule has 2 amide bonds. The highest BCUT2D eigenvalue weighted by molar-refractivity contribution is 5.93. The van der Waals surface area contributed by atoms with Crippen molar-refractivity contribution in [3.63, 3.8) is 0 Å². The van der Waals surface area contributed by atoms with Gasteiger partial charge in [-0.2, -0.15) is 0 Å². The van der Waals surface area contributed by atoms with Gasteiger partial charge in [0.1, 0.15) is 0 Å². The van der Waals surface area contributed by atoms with Gasteiger partial charge >= 0.3 is 0 Å². The van der Waals surface area contributed by atoms with Crippen molar-refractivity contribution in [1.29, 1.82) is 0 Å². The summed E-state index contributed by atoms with van der Waals surface area (Å²) in [6, 6.07) is 9.15. The number of anilines is 1. The lowest BCUT2D eigenvalue weighted by Crippen LogP contribution is -2.35. The lowest BCUT2D eigenvalue weighted by molar-refractivity contribution is -0.128. The number of pyridine rings is 1. The maximum Gasteiger partial charge on any atom is 0.231 e. The predicted octanol–water partition coefficient (Wildman–Crippen LogP) is 2.87. The van der Waals surface area contributed by atoms with Gasteiger partial charge in [0.05, 0.1) is 0 Å². The van der Waals surface area contributed by atoms with E-state index in [9.17, 15) is 9.59 Å². The zero-order valence-electron chi connectivity index (χ0n) is 15.5. The molecular weight excluding hydrogens is 358 g/mol. The Morgan fingerprint density at radius 3 is 2.36 bits per heavy atom. The van der Waals surface area contributed by atoms with Gasteiger partial charge in [0.25, 0.3) is 0 Å². The van der Waals surface area contributed by atoms with Crippen molar-refractivity contribution >= 4 is 17.5 Å². The lowest BCUT2D eigenvalue weighted by atomic mass is 9.81. The first kappa shape index (κ1) is 18.3. The van der Waals surface area contributed by atoms with Crippen LogP contribution in [0.3, 0.4) is 0 Å². The van der Waals surface area contributed by atoms with Crippen LogP contribution in [0.1, 0.15) is 31.2 Å². The Morgan fingerprint density at radius 2 is 1.61 bits per heavy atom. The van der Waals surface area contributed by atoms with Crippen LogP contribution in [-0.2, 0) is 16.1 Å². The van der Waals surface area contributed by atoms with Crippen LogP contribution in [-0.4, -0.2) is 23.6 Å². The maximum atomic E-state index is 12.6. The molecule has 28 heavy (non-hydrogen) atoms. The van der Waals surface area contributed by atoms with Gasteiger partial charge in [-0.25, -0.2) is 0 Å². The van der Waals surface area contributed by atoms with Crippen LogP contribution >= 0.6 is 0 Å². The zero-order valence-corrected chi connectivity index (χ0v) is 15.5. The highest BCUT2D eigenvalue weighted by Gasteiger charge is 2.30. The van der Waals surface area contributed by atoms with Gasteiger partial charge < -0.3 is 20.1 Å². The van der Waals surface area contributed by atoms with E-state index in [2.05, 4.69) is 15.6 Å². The summed E-state index contributed by atoms with van der Waals surface area (Å²) in [6.45, 7) is 0.714. The molecule has 1 aliphatic heterocycles. The van der Waals surface area contributed by atoms with E-state index in [4.69, 9.17) is 9.47 Å². The molecule has 0 spiro atoms. The monoisotopic (exact) mass is 381 g/mol. The maximum absolute atomic E-state index is 12.6. The van der Waals surface area contributed by atoms with E-state index in [1.165, 1.54) is 0 Å². The topological polar surface area (TPSA) is 89.6 Å². The van der Waals surface area contributed by atoms with Crippen LogP contribution in [0.2, 0.25) is 0 Å². The van der Waals surface area contributed by atoms with Crippen LogP contribution in [0, 0.1) is 11.8 Å². The van der Waals surface area contributed by atoms with Crippen molar-refractivity contribution in [3.8, 4) is 11.5 Å². The van der Waals surface area contributed by atoms with Crippen molar-refractivity contribution in [3.05, 3.63) is 48.3 Å². The summed E-state index contributed by atoms with van der Waals surface area (Å²) in [5.74, 6) is 1.29. The van der Waals surface area contributed by atoms with E-state index < -0.39 is 0 Å². The molecule has 2 heterocycles. The van der Waals surface area contributed by atoms with E-state index in [0.29, 0.717) is 36.6 Å². The number of aromatic nitrogens is 1. The van der Waals surface area contributed by atoms with Crippen LogP contribution in [0.15, 0.2) is 42.7 Å². The van der Waals surface area contributed by atoms with Crippen molar-refractivity contribution in [2.24, 2.45) is 11.8 Å². The van der Waals surface area contributed by atoms with Gasteiger partial charge in [-0.15, -0.1) is 0 Å². The van der Waals surface area contributed by atoms with Gasteiger partial charge in [0.2, 0.25) is 18.6 Å². The first-order valence-corrected chi connectivity index (χ1v) is 9.56. The van der Waals surface area contributed by atoms with Crippen molar-refractivity contribution in [1.82, 2.24) is 10.3 Å². The molecule has 0 atom stereocenters. The van der Waals surface area contributed by atoms with Crippen molar-refractivity contribution in [2.45, 2.75) is 32.2 Å². The van der Waals surface area contributed by atoms with E-state index in [1.807, 2.05) is 18.2 Å². The highest BCUT2D eigenvalue weighted by atomic mass is 16.7. The van der Waals surface area contributed by atoms with Gasteiger partial charge in [-0.1, -0.05) is 0 Å². The zero-order chi connectivity index (χ0) is 19.3. The molecule has 2 N–H and O–H groups in total. The second-order valence-electron chi connectivity index (χ2n) is 7.18. The number of amides is 2. The number of ether oxygens (including phenoxy) is 2. The number of nitrogens with zero attached hydrogens (tertiary/aromatic N) is 1. The van der Waals surface area contributed by atoms with Gasteiger partial charge in [0, 0.05) is 42.5 Å². The molecule has 0 bridgehead atoms. The van der Waals surface area contributed by atoms with E-state index in [0.717, 1.165) is 18.4 Å². The second-order valence-corrected chi connectivity index (χ2v) is 7.18. The molecule has 146 valence electrons. The molecule has 7 heteroatoms. The Morgan fingerprint density at radius 1 is 0.929 bits per heavy atom. The first-order chi connectivity index (χ1) is 13.7. The number of carbonyl (C=O) groups excluding carboxylic acids is 2. The summed E-state index contributed by atoms with van der Waals surface area (Å²) in [5, 5.41) is 5.93. The third-order valence-electron chi connectivity index (χ3n) is 5.32. The second kappa shape index (κ2) is 8.29. The molecule has 4 rings (SSSR count). The number of nitrogens with one attached hydrogen (secondary N) is 2. The Bertz CT molecular complexity index is 848. The van der Waals surface area contributed by atoms with Crippen LogP contribution in [0.5, 0.6) is 11.5 Å². The standard InChI is InChI=1S/C21H23N3O4/c25-20(23-12-14-7-9-22-10-8-14)15-1-3-16(4-2-15)21(26)24-17-5-6-18-19(11-17)28-13-27-18/h5-11,15-16H,1-4,12-13H2,(H,23,25)(H,24,26). The summed E-state index contributed by atoms with van der Waals surface area (Å²) >= 11 is 0.